The van der Waals surface area contributed by atoms with E-state index in [2.05, 4.69) is 13.8 Å². The number of carbonyl (C=O) groups is 2. The number of esters is 2. The zero-order chi connectivity index (χ0) is 26.5. The molecule has 0 fully saturated rings. The van der Waals surface area contributed by atoms with Crippen LogP contribution in [0.2, 0.25) is 0 Å². The number of carbonyl (C=O) groups excluding carboxylic acids is 2. The molecule has 0 heterocycles. The Bertz CT molecular complexity index is 437. The first-order chi connectivity index (χ1) is 17.6. The van der Waals surface area contributed by atoms with E-state index in [1.807, 2.05) is 6.92 Å². The smallest absolute Gasteiger partial charge is 0.308 e. The second-order valence-electron chi connectivity index (χ2n) is 10.8. The largest absolute Gasteiger partial charge is 0.425 e. The van der Waals surface area contributed by atoms with Crippen LogP contribution in [0.15, 0.2) is 0 Å². The molecule has 36 heavy (non-hydrogen) atoms. The summed E-state index contributed by atoms with van der Waals surface area (Å²) in [6, 6.07) is 0. The number of rotatable bonds is 28. The van der Waals surface area contributed by atoms with Gasteiger partial charge in [0.25, 0.3) is 0 Å². The van der Waals surface area contributed by atoms with Crippen LogP contribution in [0.3, 0.4) is 0 Å². The minimum Gasteiger partial charge on any atom is -0.425 e. The van der Waals surface area contributed by atoms with Gasteiger partial charge in [-0.1, -0.05) is 149 Å². The molecule has 0 spiro atoms. The Morgan fingerprint density at radius 3 is 0.972 bits per heavy atom. The van der Waals surface area contributed by atoms with Gasteiger partial charge in [-0.05, 0) is 19.3 Å². The van der Waals surface area contributed by atoms with Gasteiger partial charge in [-0.2, -0.15) is 0 Å². The van der Waals surface area contributed by atoms with Gasteiger partial charge in [0.1, 0.15) is 0 Å². The van der Waals surface area contributed by atoms with E-state index in [4.69, 9.17) is 9.47 Å². The lowest BCUT2D eigenvalue weighted by Crippen LogP contribution is -2.24. The number of hydrogen-bond acceptors (Lipinski definition) is 4. The zero-order valence-electron chi connectivity index (χ0n) is 24.6. The fourth-order valence-electron chi connectivity index (χ4n) is 4.66. The highest BCUT2D eigenvalue weighted by Crippen LogP contribution is 2.15. The highest BCUT2D eigenvalue weighted by Gasteiger charge is 2.18. The topological polar surface area (TPSA) is 52.6 Å². The summed E-state index contributed by atoms with van der Waals surface area (Å²) in [4.78, 5) is 24.4. The van der Waals surface area contributed by atoms with E-state index in [-0.39, 0.29) is 11.9 Å². The van der Waals surface area contributed by atoms with E-state index in [1.54, 1.807) is 0 Å². The van der Waals surface area contributed by atoms with Crippen LogP contribution in [0, 0.1) is 0 Å². The standard InChI is InChI=1S/C32H62O4/c1-4-7-9-11-13-15-17-19-21-23-25-28-30(33)35-32(27-6-3)36-31(34)29-26-24-22-20-18-16-14-12-10-8-5-2/h32H,4-29H2,1-3H3. The first-order valence-electron chi connectivity index (χ1n) is 16.0. The molecule has 0 aliphatic rings. The van der Waals surface area contributed by atoms with Gasteiger partial charge in [0.05, 0.1) is 0 Å². The number of ether oxygens (including phenoxy) is 2. The third-order valence-corrected chi connectivity index (χ3v) is 7.02. The molecule has 4 heteroatoms. The van der Waals surface area contributed by atoms with Crippen LogP contribution in [0.4, 0.5) is 0 Å². The summed E-state index contributed by atoms with van der Waals surface area (Å²) in [6.45, 7) is 6.53. The molecule has 0 aromatic rings. The average Bonchev–Trinajstić information content (AvgIpc) is 2.86. The molecule has 0 bridgehead atoms. The van der Waals surface area contributed by atoms with Gasteiger partial charge in [0.2, 0.25) is 6.29 Å². The molecule has 0 amide bonds. The lowest BCUT2D eigenvalue weighted by Gasteiger charge is -2.18. The molecule has 0 saturated carbocycles. The number of hydrogen-bond donors (Lipinski definition) is 0. The van der Waals surface area contributed by atoms with Crippen molar-refractivity contribution in [3.8, 4) is 0 Å². The van der Waals surface area contributed by atoms with Crippen LogP contribution in [0.5, 0.6) is 0 Å². The lowest BCUT2D eigenvalue weighted by atomic mass is 10.1. The van der Waals surface area contributed by atoms with Crippen molar-refractivity contribution in [2.45, 2.75) is 194 Å². The molecule has 4 nitrogen and oxygen atoms in total. The molecule has 0 aliphatic carbocycles. The molecular formula is C32H62O4. The maximum absolute atomic E-state index is 12.2. The summed E-state index contributed by atoms with van der Waals surface area (Å²) < 4.78 is 11.0. The van der Waals surface area contributed by atoms with Crippen molar-refractivity contribution in [1.82, 2.24) is 0 Å². The SMILES string of the molecule is CCCCCCCCCCCCCC(=O)OC(CCC)OC(=O)CCCCCCCCCCCCC. The first-order valence-corrected chi connectivity index (χ1v) is 16.0. The molecule has 0 aromatic carbocycles. The highest BCUT2D eigenvalue weighted by molar-refractivity contribution is 5.71. The van der Waals surface area contributed by atoms with Gasteiger partial charge in [-0.25, -0.2) is 0 Å². The summed E-state index contributed by atoms with van der Waals surface area (Å²) in [5, 5.41) is 0. The maximum atomic E-state index is 12.2. The molecule has 0 aliphatic heterocycles. The van der Waals surface area contributed by atoms with Crippen molar-refractivity contribution in [3.63, 3.8) is 0 Å². The van der Waals surface area contributed by atoms with E-state index in [0.29, 0.717) is 19.3 Å². The summed E-state index contributed by atoms with van der Waals surface area (Å²) in [5.74, 6) is -0.460. The second kappa shape index (κ2) is 28.5. The Hall–Kier alpha value is -1.06. The van der Waals surface area contributed by atoms with Crippen LogP contribution in [-0.2, 0) is 19.1 Å². The van der Waals surface area contributed by atoms with Gasteiger partial charge in [0.15, 0.2) is 0 Å². The summed E-state index contributed by atoms with van der Waals surface area (Å²) in [6.07, 6.45) is 29.2. The molecule has 0 aromatic heterocycles. The van der Waals surface area contributed by atoms with E-state index >= 15 is 0 Å². The second-order valence-corrected chi connectivity index (χ2v) is 10.8. The van der Waals surface area contributed by atoms with Gasteiger partial charge >= 0.3 is 11.9 Å². The van der Waals surface area contributed by atoms with Gasteiger partial charge in [-0.15, -0.1) is 0 Å². The fourth-order valence-corrected chi connectivity index (χ4v) is 4.66. The van der Waals surface area contributed by atoms with Gasteiger partial charge in [0, 0.05) is 19.3 Å². The molecule has 0 rings (SSSR count). The Morgan fingerprint density at radius 2 is 0.694 bits per heavy atom. The van der Waals surface area contributed by atoms with Crippen molar-refractivity contribution in [3.05, 3.63) is 0 Å². The van der Waals surface area contributed by atoms with Crippen LogP contribution < -0.4 is 0 Å². The Morgan fingerprint density at radius 1 is 0.417 bits per heavy atom. The van der Waals surface area contributed by atoms with Gasteiger partial charge in [-0.3, -0.25) is 9.59 Å². The van der Waals surface area contributed by atoms with E-state index in [0.717, 1.165) is 32.1 Å². The van der Waals surface area contributed by atoms with Crippen LogP contribution in [-0.4, -0.2) is 18.2 Å². The monoisotopic (exact) mass is 510 g/mol. The van der Waals surface area contributed by atoms with Crippen molar-refractivity contribution in [2.24, 2.45) is 0 Å². The summed E-state index contributed by atoms with van der Waals surface area (Å²) in [7, 11) is 0. The molecule has 0 saturated heterocycles. The average molecular weight is 511 g/mol. The fraction of sp³-hybridized carbons (Fsp3) is 0.938. The number of unbranched alkanes of at least 4 members (excludes halogenated alkanes) is 20. The predicted molar refractivity (Wildman–Crippen MR) is 153 cm³/mol. The molecule has 214 valence electrons. The maximum Gasteiger partial charge on any atom is 0.308 e. The molecule has 0 unspecified atom stereocenters. The van der Waals surface area contributed by atoms with Crippen LogP contribution in [0.25, 0.3) is 0 Å². The molecule has 0 radical (unpaired) electrons. The Balaban J connectivity index is 3.70. The van der Waals surface area contributed by atoms with Crippen molar-refractivity contribution in [2.75, 3.05) is 0 Å². The van der Waals surface area contributed by atoms with E-state index in [1.165, 1.54) is 116 Å². The minimum atomic E-state index is -0.713. The highest BCUT2D eigenvalue weighted by atomic mass is 16.7. The van der Waals surface area contributed by atoms with E-state index < -0.39 is 6.29 Å². The van der Waals surface area contributed by atoms with E-state index in [9.17, 15) is 9.59 Å². The molecule has 0 N–H and O–H groups in total. The third-order valence-electron chi connectivity index (χ3n) is 7.02. The zero-order valence-corrected chi connectivity index (χ0v) is 24.6. The summed E-state index contributed by atoms with van der Waals surface area (Å²) in [5.41, 5.74) is 0. The van der Waals surface area contributed by atoms with Crippen molar-refractivity contribution in [1.29, 1.82) is 0 Å². The lowest BCUT2D eigenvalue weighted by molar-refractivity contribution is -0.189. The first kappa shape index (κ1) is 34.9. The van der Waals surface area contributed by atoms with Gasteiger partial charge < -0.3 is 9.47 Å². The van der Waals surface area contributed by atoms with Crippen molar-refractivity contribution >= 4 is 11.9 Å². The van der Waals surface area contributed by atoms with Crippen LogP contribution >= 0.6 is 0 Å². The van der Waals surface area contributed by atoms with Crippen molar-refractivity contribution < 1.29 is 19.1 Å². The Kier molecular flexibility index (Phi) is 27.7. The molecule has 0 atom stereocenters. The Labute approximate surface area is 225 Å². The quantitative estimate of drug-likeness (QED) is 0.0596. The third kappa shape index (κ3) is 26.0. The normalized spacial score (nSPS) is 11.2. The molecular weight excluding hydrogens is 448 g/mol. The predicted octanol–water partition coefficient (Wildman–Crippen LogP) is 10.6. The minimum absolute atomic E-state index is 0.230. The summed E-state index contributed by atoms with van der Waals surface area (Å²) >= 11 is 0. The van der Waals surface area contributed by atoms with Crippen LogP contribution in [0.1, 0.15) is 188 Å².